The summed E-state index contributed by atoms with van der Waals surface area (Å²) in [4.78, 5) is 88.9. The first-order valence-electron chi connectivity index (χ1n) is 28.5. The zero-order chi connectivity index (χ0) is 62.5. The molecule has 9 N–H and O–H groups in total. The van der Waals surface area contributed by atoms with Gasteiger partial charge in [0.15, 0.2) is 16.9 Å². The van der Waals surface area contributed by atoms with Crippen molar-refractivity contribution in [1.82, 2.24) is 59.8 Å². The zero-order valence-corrected chi connectivity index (χ0v) is 48.4. The molecule has 0 radical (unpaired) electrons. The van der Waals surface area contributed by atoms with E-state index in [1.54, 1.807) is 92.6 Å². The van der Waals surface area contributed by atoms with Gasteiger partial charge in [0.2, 0.25) is 17.7 Å². The summed E-state index contributed by atoms with van der Waals surface area (Å²) in [5, 5.41) is 40.1. The van der Waals surface area contributed by atoms with Gasteiger partial charge in [-0.3, -0.25) is 29.3 Å². The molecule has 3 saturated carbocycles. The maximum atomic E-state index is 12.3. The first-order valence-corrected chi connectivity index (χ1v) is 28.5. The van der Waals surface area contributed by atoms with Gasteiger partial charge in [-0.25, -0.2) is 44.9 Å². The molecule has 3 aliphatic rings. The molecule has 438 valence electrons. The summed E-state index contributed by atoms with van der Waals surface area (Å²) < 4.78 is 0. The largest absolute Gasteiger partial charge is 0.398 e. The molecular formula is C66H51N21O3. The van der Waals surface area contributed by atoms with Crippen LogP contribution in [-0.4, -0.2) is 77.5 Å². The molecule has 3 aliphatic carbocycles. The maximum Gasteiger partial charge on any atom is 0.230 e. The fourth-order valence-electron chi connectivity index (χ4n) is 11.1. The summed E-state index contributed by atoms with van der Waals surface area (Å²) in [5.41, 5.74) is 32.9. The molecule has 3 aromatic carbocycles. The van der Waals surface area contributed by atoms with Crippen molar-refractivity contribution in [3.8, 4) is 51.6 Å². The number of nitrogens with two attached hydrogens (primary N) is 3. The number of amides is 3. The highest BCUT2D eigenvalue weighted by molar-refractivity contribution is 6.04. The van der Waals surface area contributed by atoms with Crippen LogP contribution in [0.25, 0.3) is 99.2 Å². The molecule has 6 atom stereocenters. The average molecular weight is 1190 g/mol. The summed E-state index contributed by atoms with van der Waals surface area (Å²) in [7, 11) is 0. The van der Waals surface area contributed by atoms with Gasteiger partial charge in [-0.05, 0) is 144 Å². The van der Waals surface area contributed by atoms with Gasteiger partial charge in [0.25, 0.3) is 0 Å². The van der Waals surface area contributed by atoms with Crippen LogP contribution in [0, 0.1) is 90.3 Å². The molecule has 15 rings (SSSR count). The van der Waals surface area contributed by atoms with E-state index in [9.17, 15) is 14.4 Å². The number of anilines is 6. The van der Waals surface area contributed by atoms with Crippen LogP contribution < -0.4 is 33.2 Å². The highest BCUT2D eigenvalue weighted by Crippen LogP contribution is 2.42. The van der Waals surface area contributed by atoms with E-state index in [0.717, 1.165) is 98.9 Å². The summed E-state index contributed by atoms with van der Waals surface area (Å²) in [6.45, 7) is 5.94. The van der Waals surface area contributed by atoms with Gasteiger partial charge in [0, 0.05) is 124 Å². The van der Waals surface area contributed by atoms with Gasteiger partial charge >= 0.3 is 0 Å². The number of carbonyl (C=O) groups excluding carboxylic acids is 3. The van der Waals surface area contributed by atoms with Crippen molar-refractivity contribution in [3.05, 3.63) is 146 Å². The van der Waals surface area contributed by atoms with Crippen LogP contribution in [0.4, 0.5) is 34.5 Å². The van der Waals surface area contributed by atoms with E-state index in [2.05, 4.69) is 94.0 Å². The van der Waals surface area contributed by atoms with Crippen LogP contribution in [0.2, 0.25) is 0 Å². The molecule has 12 aromatic rings. The fraction of sp³-hybridized carbons (Fsp3) is 0.182. The van der Waals surface area contributed by atoms with Crippen LogP contribution in [0.3, 0.4) is 0 Å². The number of hydrogen-bond donors (Lipinski definition) is 6. The Balaban J connectivity index is 0.000000124. The quantitative estimate of drug-likeness (QED) is 0.0732. The number of rotatable bonds is 9. The summed E-state index contributed by atoms with van der Waals surface area (Å²) in [6.07, 6.45) is 21.8. The molecule has 0 saturated heterocycles. The lowest BCUT2D eigenvalue weighted by Gasteiger charge is -2.12. The molecule has 9 heterocycles. The lowest BCUT2D eigenvalue weighted by Crippen LogP contribution is -2.15. The standard InChI is InChI=1S/3C22H17N7O/c3*1-11-16(9-28-21-20(11)25-2-3-26-21)12-4-13-7-19(27-10-17(13)18(24)6-12)29-22(30)15-5-14(15)8-23/h3*2-4,6-7,9-10,14-15H,5,24H2,1H3,(H,27,29,30)/t2*14-,15+;/m10./s1. The molecule has 0 spiro atoms. The Bertz CT molecular complexity index is 4630. The number of aromatic nitrogens is 12. The summed E-state index contributed by atoms with van der Waals surface area (Å²) >= 11 is 0. The molecule has 0 aliphatic heterocycles. The number of pyridine rings is 6. The van der Waals surface area contributed by atoms with E-state index in [1.807, 2.05) is 57.2 Å². The van der Waals surface area contributed by atoms with E-state index < -0.39 is 0 Å². The van der Waals surface area contributed by atoms with Gasteiger partial charge in [-0.2, -0.15) is 15.8 Å². The van der Waals surface area contributed by atoms with Gasteiger partial charge < -0.3 is 33.2 Å². The first-order chi connectivity index (χ1) is 43.6. The summed E-state index contributed by atoms with van der Waals surface area (Å²) in [6, 6.07) is 23.4. The topological polar surface area (TPSA) is 391 Å². The van der Waals surface area contributed by atoms with E-state index in [-0.39, 0.29) is 53.2 Å². The van der Waals surface area contributed by atoms with Crippen LogP contribution in [0.15, 0.2) is 129 Å². The third-order valence-electron chi connectivity index (χ3n) is 16.4. The number of benzene rings is 3. The molecule has 24 heteroatoms. The van der Waals surface area contributed by atoms with Gasteiger partial charge in [-0.15, -0.1) is 0 Å². The second-order valence-electron chi connectivity index (χ2n) is 22.3. The predicted molar refractivity (Wildman–Crippen MR) is 339 cm³/mol. The predicted octanol–water partition coefficient (Wildman–Crippen LogP) is 9.69. The zero-order valence-electron chi connectivity index (χ0n) is 48.4. The molecular weight excluding hydrogens is 1130 g/mol. The van der Waals surface area contributed by atoms with Crippen molar-refractivity contribution in [3.63, 3.8) is 0 Å². The first kappa shape index (κ1) is 56.8. The van der Waals surface area contributed by atoms with E-state index in [4.69, 9.17) is 33.0 Å². The Morgan fingerprint density at radius 3 is 0.933 bits per heavy atom. The smallest absolute Gasteiger partial charge is 0.230 e. The third-order valence-corrected chi connectivity index (χ3v) is 16.4. The Hall–Kier alpha value is -12.4. The monoisotopic (exact) mass is 1190 g/mol. The van der Waals surface area contributed by atoms with E-state index >= 15 is 0 Å². The minimum atomic E-state index is -0.253. The van der Waals surface area contributed by atoms with Crippen LogP contribution in [0.5, 0.6) is 0 Å². The number of fused-ring (bicyclic) bond motifs is 6. The Morgan fingerprint density at radius 1 is 0.389 bits per heavy atom. The van der Waals surface area contributed by atoms with Crippen molar-refractivity contribution in [1.29, 1.82) is 15.8 Å². The minimum Gasteiger partial charge on any atom is -0.398 e. The number of carbonyl (C=O) groups is 3. The van der Waals surface area contributed by atoms with Gasteiger partial charge in [0.05, 0.1) is 53.7 Å². The van der Waals surface area contributed by atoms with Crippen molar-refractivity contribution in [2.45, 2.75) is 40.0 Å². The second kappa shape index (κ2) is 23.1. The number of nitrogens with one attached hydrogen (secondary N) is 3. The molecule has 3 fully saturated rings. The average Bonchev–Trinajstić information content (AvgIpc) is 1.82. The van der Waals surface area contributed by atoms with Crippen LogP contribution in [0.1, 0.15) is 36.0 Å². The van der Waals surface area contributed by atoms with E-state index in [1.165, 1.54) is 0 Å². The molecule has 3 amide bonds. The van der Waals surface area contributed by atoms with Crippen molar-refractivity contribution in [2.24, 2.45) is 35.5 Å². The number of nitrogens with zero attached hydrogens (tertiary/aromatic N) is 15. The second-order valence-corrected chi connectivity index (χ2v) is 22.3. The molecule has 0 bridgehead atoms. The number of hydrogen-bond acceptors (Lipinski definition) is 21. The number of nitrogen functional groups attached to an aromatic ring is 3. The molecule has 2 unspecified atom stereocenters. The Labute approximate surface area is 511 Å². The third kappa shape index (κ3) is 11.1. The Morgan fingerprint density at radius 2 is 0.667 bits per heavy atom. The highest BCUT2D eigenvalue weighted by atomic mass is 16.2. The minimum absolute atomic E-state index is 0.175. The van der Waals surface area contributed by atoms with Crippen molar-refractivity contribution < 1.29 is 14.4 Å². The van der Waals surface area contributed by atoms with E-state index in [0.29, 0.717) is 70.7 Å². The Kier molecular flexibility index (Phi) is 14.6. The van der Waals surface area contributed by atoms with Gasteiger partial charge in [-0.1, -0.05) is 0 Å². The lowest BCUT2D eigenvalue weighted by molar-refractivity contribution is -0.118. The van der Waals surface area contributed by atoms with Crippen LogP contribution in [-0.2, 0) is 14.4 Å². The number of aryl methyl sites for hydroxylation is 3. The maximum absolute atomic E-state index is 12.3. The fourth-order valence-corrected chi connectivity index (χ4v) is 11.1. The van der Waals surface area contributed by atoms with Crippen molar-refractivity contribution in [2.75, 3.05) is 33.2 Å². The van der Waals surface area contributed by atoms with Crippen molar-refractivity contribution >= 4 is 118 Å². The lowest BCUT2D eigenvalue weighted by atomic mass is 9.98. The SMILES string of the molecule is Cc1c(-c2cc(N)c3cnc(NC(=O)C4CC4C#N)cc3c2)cnc2nccnc12.Cc1c(-c2cc(N)c3cnc(NC(=O)[C@@H]4C[C@H]4C#N)cc3c2)cnc2nccnc12.Cc1c(-c2cc(N)c3cnc(NC(=O)[C@H]4C[C@@H]4C#N)cc3c2)cnc2nccnc12. The molecule has 90 heavy (non-hydrogen) atoms. The molecule has 24 nitrogen and oxygen atoms in total. The highest BCUT2D eigenvalue weighted by Gasteiger charge is 2.45. The summed E-state index contributed by atoms with van der Waals surface area (Å²) in [5.74, 6) is -0.561. The molecule has 9 aromatic heterocycles. The van der Waals surface area contributed by atoms with Crippen LogP contribution >= 0.6 is 0 Å². The van der Waals surface area contributed by atoms with Gasteiger partial charge in [0.1, 0.15) is 34.0 Å². The normalized spacial score (nSPS) is 17.6. The number of nitriles is 3.